The number of ketones is 1. The van der Waals surface area contributed by atoms with E-state index in [0.717, 1.165) is 44.1 Å². The molecule has 0 saturated carbocycles. The second-order valence-corrected chi connectivity index (χ2v) is 32.9. The van der Waals surface area contributed by atoms with E-state index in [2.05, 4.69) is 79.4 Å². The van der Waals surface area contributed by atoms with Crippen molar-refractivity contribution >= 4 is 148 Å². The Morgan fingerprint density at radius 1 is 0.582 bits per heavy atom. The summed E-state index contributed by atoms with van der Waals surface area (Å²) in [7, 11) is 5.29. The van der Waals surface area contributed by atoms with Crippen molar-refractivity contribution in [2.45, 2.75) is 5.60 Å². The third kappa shape index (κ3) is 12.3. The first-order chi connectivity index (χ1) is 32.1. The molecule has 9 aromatic rings. The number of hydrogen-bond donors (Lipinski definition) is 1. The number of aromatic nitrogens is 4. The maximum absolute atomic E-state index is 12.9. The maximum atomic E-state index is 12.9. The first kappa shape index (κ1) is 53.7. The van der Waals surface area contributed by atoms with Crippen molar-refractivity contribution in [2.75, 3.05) is 0 Å². The van der Waals surface area contributed by atoms with Crippen molar-refractivity contribution < 1.29 is 23.2 Å². The van der Waals surface area contributed by atoms with Crippen LogP contribution in [0.15, 0.2) is 168 Å². The van der Waals surface area contributed by atoms with E-state index >= 15 is 0 Å². The van der Waals surface area contributed by atoms with Gasteiger partial charge in [-0.2, -0.15) is 0 Å². The molecule has 8 nitrogen and oxygen atoms in total. The number of aliphatic hydroxyl groups is 1. The number of halogens is 9. The molecule has 1 N–H and O–H groups in total. The summed E-state index contributed by atoms with van der Waals surface area (Å²) in [4.78, 5) is 42.3. The molecule has 6 aromatic carbocycles. The molecule has 0 spiro atoms. The molecule has 17 heteroatoms. The van der Waals surface area contributed by atoms with Crippen molar-refractivity contribution in [3.05, 3.63) is 227 Å². The van der Waals surface area contributed by atoms with Crippen LogP contribution < -0.4 is 24.4 Å². The van der Waals surface area contributed by atoms with E-state index in [1.807, 2.05) is 67.7 Å². The summed E-state index contributed by atoms with van der Waals surface area (Å²) in [6.07, 6.45) is 3.30. The Balaban J connectivity index is 0.000000205. The summed E-state index contributed by atoms with van der Waals surface area (Å²) in [5, 5.41) is 16.2. The Hall–Kier alpha value is -2.61. The van der Waals surface area contributed by atoms with Crippen molar-refractivity contribution in [3.8, 4) is 22.3 Å². The molecule has 0 aliphatic heterocycles. The number of hydrogen-bond acceptors (Lipinski definition) is 5. The molecule has 0 bridgehead atoms. The predicted octanol–water partition coefficient (Wildman–Crippen LogP) is 11.8. The third-order valence-corrected chi connectivity index (χ3v) is 12.0. The standard InChI is InChI=1S/C27H21Cl2N3O2.C23H15Cl2NO2.I3.I2/c1-31-16-30-15-25(31)27(34,18-6-9-20(28)10-7-18)19-8-11-24-23(13-19)22(14-26(33)32(24)2)17-4-3-5-21(29)12-17;1-26-21-10-7-16(23(28)14-5-8-17(24)9-6-14)12-20(21)19(13-22(26)27)15-3-2-4-18(25)11-15;1-3-2;1-2/h3-16,34H,1-2H3;2-13H,1H3;;/q;;-1;. The van der Waals surface area contributed by atoms with Gasteiger partial charge in [-0.3, -0.25) is 14.4 Å². The minimum absolute atomic E-state index is 0.107. The number of aryl methyl sites for hydroxylation is 3. The molecule has 0 radical (unpaired) electrons. The molecule has 0 aliphatic rings. The summed E-state index contributed by atoms with van der Waals surface area (Å²) in [6.45, 7) is 0. The monoisotopic (exact) mass is 1530 g/mol. The number of imidazole rings is 1. The molecule has 3 heterocycles. The van der Waals surface area contributed by atoms with E-state index in [9.17, 15) is 19.5 Å². The van der Waals surface area contributed by atoms with Crippen molar-refractivity contribution in [1.29, 1.82) is 0 Å². The molecule has 0 amide bonds. The van der Waals surface area contributed by atoms with Crippen LogP contribution in [-0.2, 0) is 26.7 Å². The fourth-order valence-electron chi connectivity index (χ4n) is 7.71. The van der Waals surface area contributed by atoms with E-state index in [-0.39, 0.29) is 16.9 Å². The van der Waals surface area contributed by atoms with E-state index in [1.165, 1.54) is 0 Å². The topological polar surface area (TPSA) is 99.1 Å². The first-order valence-electron chi connectivity index (χ1n) is 19.7. The van der Waals surface area contributed by atoms with Crippen LogP contribution in [0.3, 0.4) is 0 Å². The molecule has 9 rings (SSSR count). The molecular formula is C50H36Cl4I5N4O4-. The van der Waals surface area contributed by atoms with Gasteiger partial charge in [-0.05, 0) is 124 Å². The number of benzene rings is 6. The molecule has 0 fully saturated rings. The summed E-state index contributed by atoms with van der Waals surface area (Å²) < 4.78 is 4.95. The van der Waals surface area contributed by atoms with Crippen LogP contribution in [0.4, 0.5) is 0 Å². The summed E-state index contributed by atoms with van der Waals surface area (Å²) >= 11 is 34.0. The van der Waals surface area contributed by atoms with Crippen LogP contribution in [0.5, 0.6) is 0 Å². The normalized spacial score (nSPS) is 11.7. The average molecular weight is 1530 g/mol. The van der Waals surface area contributed by atoms with Gasteiger partial charge in [-0.15, -0.1) is 0 Å². The Morgan fingerprint density at radius 2 is 1.03 bits per heavy atom. The first-order valence-corrected chi connectivity index (χ1v) is 40.1. The van der Waals surface area contributed by atoms with E-state index in [1.54, 1.807) is 125 Å². The molecule has 0 aliphatic carbocycles. The fourth-order valence-corrected chi connectivity index (χ4v) is 8.34. The number of pyridine rings is 2. The second kappa shape index (κ2) is 24.5. The Labute approximate surface area is 460 Å². The van der Waals surface area contributed by atoms with Crippen molar-refractivity contribution in [3.63, 3.8) is 0 Å². The van der Waals surface area contributed by atoms with Crippen molar-refractivity contribution in [2.24, 2.45) is 21.1 Å². The van der Waals surface area contributed by atoms with Gasteiger partial charge in [0.15, 0.2) is 11.4 Å². The van der Waals surface area contributed by atoms with Gasteiger partial charge in [0, 0.05) is 112 Å². The predicted molar refractivity (Wildman–Crippen MR) is 307 cm³/mol. The van der Waals surface area contributed by atoms with Gasteiger partial charge in [0.2, 0.25) is 0 Å². The molecule has 344 valence electrons. The fraction of sp³-hybridized carbons (Fsp3) is 0.0800. The molecule has 1 atom stereocenters. The summed E-state index contributed by atoms with van der Waals surface area (Å²) in [5.74, 6) is -0.107. The van der Waals surface area contributed by atoms with Crippen LogP contribution in [-0.4, -0.2) is 29.6 Å². The van der Waals surface area contributed by atoms with E-state index in [0.29, 0.717) is 61.3 Å². The molecular weight excluding hydrogens is 1500 g/mol. The second-order valence-electron chi connectivity index (χ2n) is 14.9. The zero-order valence-electron chi connectivity index (χ0n) is 35.4. The van der Waals surface area contributed by atoms with Crippen LogP contribution >= 0.6 is 121 Å². The van der Waals surface area contributed by atoms with Gasteiger partial charge < -0.3 is 18.8 Å². The summed E-state index contributed by atoms with van der Waals surface area (Å²) in [6, 6.07) is 42.8. The SMILES string of the molecule is Cn1c(=O)cc(-c2cccc(Cl)c2)c2cc(C(=O)c3ccc(Cl)cc3)ccc21.Cn1cncc1C(O)(c1ccc(Cl)cc1)c1ccc2c(c1)c(-c1cccc(Cl)c1)cc(=O)n2C.II.I[I-]I. The third-order valence-electron chi connectivity index (χ3n) is 11.0. The van der Waals surface area contributed by atoms with E-state index < -0.39 is 5.60 Å². The number of fused-ring (bicyclic) bond motifs is 2. The van der Waals surface area contributed by atoms with Crippen LogP contribution in [0.2, 0.25) is 20.1 Å². The number of rotatable bonds is 7. The van der Waals surface area contributed by atoms with E-state index in [4.69, 9.17) is 46.4 Å². The zero-order chi connectivity index (χ0) is 48.6. The van der Waals surface area contributed by atoms with Gasteiger partial charge in [0.1, 0.15) is 0 Å². The molecule has 3 aromatic heterocycles. The van der Waals surface area contributed by atoms with Gasteiger partial charge in [-0.25, -0.2) is 4.98 Å². The van der Waals surface area contributed by atoms with Crippen LogP contribution in [0, 0.1) is 0 Å². The Kier molecular flexibility index (Phi) is 19.6. The van der Waals surface area contributed by atoms with Gasteiger partial charge in [-0.1, -0.05) is 88.9 Å². The Morgan fingerprint density at radius 3 is 1.51 bits per heavy atom. The molecule has 67 heavy (non-hydrogen) atoms. The van der Waals surface area contributed by atoms with Crippen molar-refractivity contribution in [1.82, 2.24) is 18.7 Å². The van der Waals surface area contributed by atoms with Gasteiger partial charge in [0.05, 0.1) is 29.3 Å². The van der Waals surface area contributed by atoms with Gasteiger partial charge >= 0.3 is 50.5 Å². The average Bonchev–Trinajstić information content (AvgIpc) is 3.78. The molecule has 0 saturated heterocycles. The minimum atomic E-state index is -1.51. The van der Waals surface area contributed by atoms with Crippen LogP contribution in [0.25, 0.3) is 44.1 Å². The quantitative estimate of drug-likeness (QED) is 0.127. The zero-order valence-corrected chi connectivity index (χ0v) is 49.2. The number of nitrogens with zero attached hydrogens (tertiary/aromatic N) is 4. The Bertz CT molecular complexity index is 3350. The summed E-state index contributed by atoms with van der Waals surface area (Å²) in [5.41, 5.74) is 5.83. The number of carbonyl (C=O) groups excluding carboxylic acids is 1. The van der Waals surface area contributed by atoms with Gasteiger partial charge in [0.25, 0.3) is 11.1 Å². The van der Waals surface area contributed by atoms with Crippen LogP contribution in [0.1, 0.15) is 32.7 Å². The molecule has 1 unspecified atom stereocenters. The number of carbonyl (C=O) groups is 1.